The molecular formula is C23H28FNO3. The molecule has 1 saturated heterocycles. The van der Waals surface area contributed by atoms with Crippen molar-refractivity contribution in [3.63, 3.8) is 0 Å². The van der Waals surface area contributed by atoms with E-state index >= 15 is 0 Å². The van der Waals surface area contributed by atoms with Gasteiger partial charge in [-0.15, -0.1) is 0 Å². The van der Waals surface area contributed by atoms with Crippen LogP contribution < -0.4 is 9.47 Å². The van der Waals surface area contributed by atoms with Crippen LogP contribution in [0.3, 0.4) is 0 Å². The fourth-order valence-corrected chi connectivity index (χ4v) is 3.88. The molecule has 1 aliphatic heterocycles. The number of benzene rings is 2. The van der Waals surface area contributed by atoms with Crippen LogP contribution in [-0.2, 0) is 6.42 Å². The molecule has 0 N–H and O–H groups in total. The molecule has 0 aliphatic carbocycles. The van der Waals surface area contributed by atoms with E-state index in [0.29, 0.717) is 16.9 Å². The molecule has 3 rings (SSSR count). The fraction of sp³-hybridized carbons (Fsp3) is 0.435. The summed E-state index contributed by atoms with van der Waals surface area (Å²) in [5, 5.41) is 0. The second kappa shape index (κ2) is 9.09. The number of amides is 1. The summed E-state index contributed by atoms with van der Waals surface area (Å²) in [6.45, 7) is 2.45. The molecule has 2 aromatic carbocycles. The molecule has 1 amide bonds. The minimum absolute atomic E-state index is 0.000103. The molecule has 28 heavy (non-hydrogen) atoms. The zero-order valence-electron chi connectivity index (χ0n) is 16.8. The molecule has 5 heteroatoms. The smallest absolute Gasteiger partial charge is 0.254 e. The maximum Gasteiger partial charge on any atom is 0.254 e. The maximum atomic E-state index is 13.6. The minimum Gasteiger partial charge on any atom is -0.493 e. The molecular weight excluding hydrogens is 357 g/mol. The van der Waals surface area contributed by atoms with Crippen LogP contribution in [0, 0.1) is 12.7 Å². The molecule has 0 spiro atoms. The van der Waals surface area contributed by atoms with E-state index in [-0.39, 0.29) is 17.8 Å². The Labute approximate surface area is 166 Å². The summed E-state index contributed by atoms with van der Waals surface area (Å²) < 4.78 is 24.2. The predicted octanol–water partition coefficient (Wildman–Crippen LogP) is 4.78. The molecule has 0 bridgehead atoms. The number of carbonyl (C=O) groups excluding carboxylic acids is 1. The summed E-state index contributed by atoms with van der Waals surface area (Å²) in [7, 11) is 3.26. The Morgan fingerprint density at radius 3 is 2.61 bits per heavy atom. The van der Waals surface area contributed by atoms with E-state index < -0.39 is 0 Å². The lowest BCUT2D eigenvalue weighted by Crippen LogP contribution is -2.44. The van der Waals surface area contributed by atoms with Gasteiger partial charge in [0.1, 0.15) is 5.82 Å². The first kappa shape index (κ1) is 20.2. The minimum atomic E-state index is -0.278. The van der Waals surface area contributed by atoms with E-state index in [4.69, 9.17) is 9.47 Å². The van der Waals surface area contributed by atoms with Crippen LogP contribution in [0.25, 0.3) is 0 Å². The summed E-state index contributed by atoms with van der Waals surface area (Å²) >= 11 is 0. The Balaban J connectivity index is 1.71. The van der Waals surface area contributed by atoms with E-state index in [1.165, 1.54) is 6.07 Å². The second-order valence-corrected chi connectivity index (χ2v) is 7.34. The Hall–Kier alpha value is -2.56. The van der Waals surface area contributed by atoms with Crippen LogP contribution >= 0.6 is 0 Å². The van der Waals surface area contributed by atoms with Gasteiger partial charge in [-0.2, -0.15) is 0 Å². The first-order chi connectivity index (χ1) is 13.5. The number of carbonyl (C=O) groups is 1. The zero-order chi connectivity index (χ0) is 20.1. The Bertz CT molecular complexity index is 837. The summed E-state index contributed by atoms with van der Waals surface area (Å²) in [6, 6.07) is 10.8. The highest BCUT2D eigenvalue weighted by molar-refractivity contribution is 5.94. The number of likely N-dealkylation sites (tertiary alicyclic amines) is 1. The summed E-state index contributed by atoms with van der Waals surface area (Å²) in [4.78, 5) is 15.0. The first-order valence-electron chi connectivity index (χ1n) is 9.81. The molecule has 0 radical (unpaired) electrons. The molecule has 0 aromatic heterocycles. The number of halogens is 1. The van der Waals surface area contributed by atoms with Crippen molar-refractivity contribution in [2.24, 2.45) is 0 Å². The maximum absolute atomic E-state index is 13.6. The van der Waals surface area contributed by atoms with Gasteiger partial charge in [-0.1, -0.05) is 6.07 Å². The van der Waals surface area contributed by atoms with Gasteiger partial charge in [-0.05, 0) is 80.5 Å². The van der Waals surface area contributed by atoms with Gasteiger partial charge in [0, 0.05) is 18.2 Å². The quantitative estimate of drug-likeness (QED) is 0.718. The van der Waals surface area contributed by atoms with E-state index in [1.54, 1.807) is 33.3 Å². The zero-order valence-corrected chi connectivity index (χ0v) is 16.8. The Morgan fingerprint density at radius 2 is 1.89 bits per heavy atom. The third-order valence-corrected chi connectivity index (χ3v) is 5.51. The van der Waals surface area contributed by atoms with Crippen LogP contribution in [0.4, 0.5) is 4.39 Å². The van der Waals surface area contributed by atoms with Crippen LogP contribution in [0.5, 0.6) is 11.5 Å². The molecule has 150 valence electrons. The molecule has 2 aromatic rings. The van der Waals surface area contributed by atoms with Crippen LogP contribution in [0.15, 0.2) is 36.4 Å². The summed E-state index contributed by atoms with van der Waals surface area (Å²) in [6.07, 6.45) is 4.89. The fourth-order valence-electron chi connectivity index (χ4n) is 3.88. The number of ether oxygens (including phenoxy) is 2. The standard InChI is InChI=1S/C23H28FNO3/c1-16-14-18(9-11-20(16)24)23(26)25-13-5-4-6-19(25)10-7-17-8-12-21(27-2)22(15-17)28-3/h8-9,11-12,14-15,19H,4-7,10,13H2,1-3H3. The van der Waals surface area contributed by atoms with Crippen molar-refractivity contribution in [2.75, 3.05) is 20.8 Å². The monoisotopic (exact) mass is 385 g/mol. The van der Waals surface area contributed by atoms with Gasteiger partial charge < -0.3 is 14.4 Å². The topological polar surface area (TPSA) is 38.8 Å². The molecule has 4 nitrogen and oxygen atoms in total. The highest BCUT2D eigenvalue weighted by atomic mass is 19.1. The van der Waals surface area contributed by atoms with Crippen molar-refractivity contribution < 1.29 is 18.7 Å². The first-order valence-corrected chi connectivity index (χ1v) is 9.81. The van der Waals surface area contributed by atoms with Gasteiger partial charge in [0.25, 0.3) is 5.91 Å². The van der Waals surface area contributed by atoms with E-state index in [2.05, 4.69) is 0 Å². The molecule has 1 unspecified atom stereocenters. The predicted molar refractivity (Wildman–Crippen MR) is 108 cm³/mol. The van der Waals surface area contributed by atoms with Gasteiger partial charge in [-0.3, -0.25) is 4.79 Å². The van der Waals surface area contributed by atoms with Gasteiger partial charge >= 0.3 is 0 Å². The number of hydrogen-bond acceptors (Lipinski definition) is 3. The molecule has 1 atom stereocenters. The van der Waals surface area contributed by atoms with E-state index in [1.807, 2.05) is 23.1 Å². The van der Waals surface area contributed by atoms with E-state index in [0.717, 1.165) is 50.0 Å². The van der Waals surface area contributed by atoms with Gasteiger partial charge in [0.15, 0.2) is 11.5 Å². The molecule has 1 heterocycles. The Morgan fingerprint density at radius 1 is 1.11 bits per heavy atom. The van der Waals surface area contributed by atoms with Crippen molar-refractivity contribution in [3.05, 3.63) is 58.9 Å². The lowest BCUT2D eigenvalue weighted by molar-refractivity contribution is 0.0601. The number of hydrogen-bond donors (Lipinski definition) is 0. The van der Waals surface area contributed by atoms with Crippen molar-refractivity contribution in [1.82, 2.24) is 4.90 Å². The average Bonchev–Trinajstić information content (AvgIpc) is 2.73. The Kier molecular flexibility index (Phi) is 6.55. The van der Waals surface area contributed by atoms with Crippen molar-refractivity contribution >= 4 is 5.91 Å². The lowest BCUT2D eigenvalue weighted by atomic mass is 9.94. The van der Waals surface area contributed by atoms with Gasteiger partial charge in [0.05, 0.1) is 14.2 Å². The summed E-state index contributed by atoms with van der Waals surface area (Å²) in [5.41, 5.74) is 2.23. The SMILES string of the molecule is COc1ccc(CCC2CCCCN2C(=O)c2ccc(F)c(C)c2)cc1OC. The van der Waals surface area contributed by atoms with E-state index in [9.17, 15) is 9.18 Å². The number of methoxy groups -OCH3 is 2. The molecule has 0 saturated carbocycles. The molecule has 1 fully saturated rings. The van der Waals surface area contributed by atoms with Gasteiger partial charge in [-0.25, -0.2) is 4.39 Å². The van der Waals surface area contributed by atoms with Crippen molar-refractivity contribution in [2.45, 2.75) is 45.1 Å². The normalized spacial score (nSPS) is 16.7. The lowest BCUT2D eigenvalue weighted by Gasteiger charge is -2.36. The number of rotatable bonds is 6. The second-order valence-electron chi connectivity index (χ2n) is 7.34. The highest BCUT2D eigenvalue weighted by Crippen LogP contribution is 2.29. The summed E-state index contributed by atoms with van der Waals surface area (Å²) in [5.74, 6) is 1.16. The third kappa shape index (κ3) is 4.46. The number of aryl methyl sites for hydroxylation is 2. The average molecular weight is 385 g/mol. The largest absolute Gasteiger partial charge is 0.493 e. The molecule has 1 aliphatic rings. The number of nitrogens with zero attached hydrogens (tertiary/aromatic N) is 1. The van der Waals surface area contributed by atoms with Crippen LogP contribution in [0.2, 0.25) is 0 Å². The number of piperidine rings is 1. The van der Waals surface area contributed by atoms with Crippen LogP contribution in [0.1, 0.15) is 47.2 Å². The highest BCUT2D eigenvalue weighted by Gasteiger charge is 2.27. The van der Waals surface area contributed by atoms with Crippen molar-refractivity contribution in [1.29, 1.82) is 0 Å². The third-order valence-electron chi connectivity index (χ3n) is 5.51. The van der Waals surface area contributed by atoms with Gasteiger partial charge in [0.2, 0.25) is 0 Å². The van der Waals surface area contributed by atoms with Crippen molar-refractivity contribution in [3.8, 4) is 11.5 Å². The van der Waals surface area contributed by atoms with Crippen LogP contribution in [-0.4, -0.2) is 37.6 Å².